The smallest absolute Gasteiger partial charge is 0.382 e. The van der Waals surface area contributed by atoms with Gasteiger partial charge in [0, 0.05) is 43.4 Å². The highest BCUT2D eigenvalue weighted by Gasteiger charge is 2.35. The van der Waals surface area contributed by atoms with Crippen molar-refractivity contribution in [3.8, 4) is 17.3 Å². The molecule has 3 heterocycles. The van der Waals surface area contributed by atoms with Crippen LogP contribution in [0.2, 0.25) is 0 Å². The summed E-state index contributed by atoms with van der Waals surface area (Å²) in [6.07, 6.45) is 0.319. The maximum atomic E-state index is 13.9. The number of aromatic nitrogens is 4. The van der Waals surface area contributed by atoms with Gasteiger partial charge in [0.1, 0.15) is 35.4 Å². The lowest BCUT2D eigenvalue weighted by Gasteiger charge is -2.33. The summed E-state index contributed by atoms with van der Waals surface area (Å²) in [7, 11) is 0. The van der Waals surface area contributed by atoms with Gasteiger partial charge >= 0.3 is 6.18 Å². The van der Waals surface area contributed by atoms with Gasteiger partial charge in [-0.25, -0.2) is 19.3 Å². The number of halogens is 4. The van der Waals surface area contributed by atoms with Gasteiger partial charge < -0.3 is 20.9 Å². The molecule has 0 amide bonds. The summed E-state index contributed by atoms with van der Waals surface area (Å²) in [6.45, 7) is 5.75. The van der Waals surface area contributed by atoms with Crippen molar-refractivity contribution in [3.63, 3.8) is 0 Å². The first-order chi connectivity index (χ1) is 18.0. The summed E-state index contributed by atoms with van der Waals surface area (Å²) in [5.41, 5.74) is 11.6. The minimum atomic E-state index is -4.81. The molecule has 3 aromatic rings. The molecule has 1 aromatic carbocycles. The number of alkyl halides is 3. The Bertz CT molecular complexity index is 1320. The second-order valence-corrected chi connectivity index (χ2v) is 10.0. The van der Waals surface area contributed by atoms with E-state index in [0.29, 0.717) is 49.9 Å². The van der Waals surface area contributed by atoms with Crippen LogP contribution in [-0.4, -0.2) is 38.7 Å². The van der Waals surface area contributed by atoms with Gasteiger partial charge in [0.05, 0.1) is 11.3 Å². The molecule has 1 unspecified atom stereocenters. The highest BCUT2D eigenvalue weighted by molar-refractivity contribution is 5.63. The van der Waals surface area contributed by atoms with E-state index in [1.54, 1.807) is 6.20 Å². The third kappa shape index (κ3) is 5.88. The monoisotopic (exact) mass is 530 g/mol. The van der Waals surface area contributed by atoms with E-state index < -0.39 is 17.6 Å². The quantitative estimate of drug-likeness (QED) is 0.424. The van der Waals surface area contributed by atoms with Crippen LogP contribution in [-0.2, 0) is 12.7 Å². The van der Waals surface area contributed by atoms with E-state index in [2.05, 4.69) is 29.9 Å². The molecule has 0 bridgehead atoms. The number of imidazole rings is 1. The lowest BCUT2D eigenvalue weighted by atomic mass is 9.95. The normalized spacial score (nSPS) is 15.6. The predicted molar refractivity (Wildman–Crippen MR) is 135 cm³/mol. The largest absolute Gasteiger partial charge is 0.419 e. The number of hydrogen-bond donors (Lipinski definition) is 2. The van der Waals surface area contributed by atoms with Crippen LogP contribution < -0.4 is 16.4 Å². The van der Waals surface area contributed by atoms with E-state index in [-0.39, 0.29) is 28.9 Å². The van der Waals surface area contributed by atoms with Crippen LogP contribution in [0, 0.1) is 23.1 Å². The van der Waals surface area contributed by atoms with Crippen molar-refractivity contribution in [1.29, 1.82) is 5.26 Å². The zero-order chi connectivity index (χ0) is 27.6. The molecule has 0 radical (unpaired) electrons. The van der Waals surface area contributed by atoms with Crippen molar-refractivity contribution in [2.75, 3.05) is 23.7 Å². The molecule has 12 heteroatoms. The lowest BCUT2D eigenvalue weighted by molar-refractivity contribution is -0.139. The van der Waals surface area contributed by atoms with E-state index in [1.807, 2.05) is 9.47 Å². The number of benzene rings is 1. The Morgan fingerprint density at radius 1 is 1.18 bits per heavy atom. The lowest BCUT2D eigenvalue weighted by Crippen LogP contribution is -2.35. The first-order valence-electron chi connectivity index (χ1n) is 12.4. The summed E-state index contributed by atoms with van der Waals surface area (Å²) in [5.74, 6) is 0.372. The van der Waals surface area contributed by atoms with Crippen molar-refractivity contribution in [1.82, 2.24) is 19.5 Å². The van der Waals surface area contributed by atoms with Crippen LogP contribution in [0.4, 0.5) is 29.2 Å². The Labute approximate surface area is 218 Å². The molecule has 38 heavy (non-hydrogen) atoms. The van der Waals surface area contributed by atoms with E-state index in [4.69, 9.17) is 16.5 Å². The summed E-state index contributed by atoms with van der Waals surface area (Å²) in [4.78, 5) is 14.8. The van der Waals surface area contributed by atoms with E-state index in [0.717, 1.165) is 24.4 Å². The molecule has 1 atom stereocenters. The number of anilines is 2. The van der Waals surface area contributed by atoms with Gasteiger partial charge in [-0.2, -0.15) is 18.4 Å². The average Bonchev–Trinajstić information content (AvgIpc) is 3.26. The van der Waals surface area contributed by atoms with Gasteiger partial charge in [0.2, 0.25) is 0 Å². The Morgan fingerprint density at radius 3 is 2.53 bits per heavy atom. The predicted octanol–water partition coefficient (Wildman–Crippen LogP) is 4.71. The van der Waals surface area contributed by atoms with E-state index in [1.165, 1.54) is 12.4 Å². The highest BCUT2D eigenvalue weighted by atomic mass is 19.4. The number of nitriles is 1. The Balaban J connectivity index is 1.63. The third-order valence-corrected chi connectivity index (χ3v) is 6.71. The van der Waals surface area contributed by atoms with Crippen molar-refractivity contribution in [2.24, 2.45) is 11.7 Å². The zero-order valence-corrected chi connectivity index (χ0v) is 21.2. The number of nitrogens with two attached hydrogens (primary N) is 2. The zero-order valence-electron chi connectivity index (χ0n) is 21.2. The maximum Gasteiger partial charge on any atom is 0.419 e. The Hall–Kier alpha value is -3.72. The number of nitrogen functional groups attached to an aromatic ring is 1. The maximum absolute atomic E-state index is 13.9. The van der Waals surface area contributed by atoms with Crippen LogP contribution in [0.25, 0.3) is 11.3 Å². The molecule has 8 nitrogen and oxygen atoms in total. The molecule has 0 aliphatic carbocycles. The van der Waals surface area contributed by atoms with Crippen LogP contribution in [0.3, 0.4) is 0 Å². The minimum Gasteiger partial charge on any atom is -0.382 e. The fraction of sp³-hybridized carbons (Fsp3) is 0.462. The van der Waals surface area contributed by atoms with Gasteiger partial charge in [-0.15, -0.1) is 0 Å². The average molecular weight is 531 g/mol. The van der Waals surface area contributed by atoms with Gasteiger partial charge in [-0.3, -0.25) is 0 Å². The molecule has 1 saturated heterocycles. The molecule has 0 spiro atoms. The fourth-order valence-electron chi connectivity index (χ4n) is 4.96. The topological polar surface area (TPSA) is 123 Å². The van der Waals surface area contributed by atoms with Gasteiger partial charge in [-0.05, 0) is 43.4 Å². The van der Waals surface area contributed by atoms with Crippen LogP contribution >= 0.6 is 0 Å². The van der Waals surface area contributed by atoms with Crippen molar-refractivity contribution >= 4 is 11.6 Å². The number of piperidine rings is 1. The SMILES string of the molecule is CC(C)CC(N)Cn1cc(-c2ccc(F)c(C(F)(F)F)c2)nc1C1CCN(c2ncnc(N)c2C#N)CC1. The summed E-state index contributed by atoms with van der Waals surface area (Å²) >= 11 is 0. The molecule has 1 aliphatic rings. The first kappa shape index (κ1) is 27.3. The summed E-state index contributed by atoms with van der Waals surface area (Å²) in [6, 6.07) is 4.82. The standard InChI is InChI=1S/C26H30F4N8/c1-15(2)9-18(32)12-38-13-22(17-3-4-21(27)20(10-17)26(28,29)30)36-24(38)16-5-7-37(8-6-16)25-19(11-31)23(33)34-14-35-25/h3-4,10,13-16,18H,5-9,12,32H2,1-2H3,(H2,33,34,35). The highest BCUT2D eigenvalue weighted by Crippen LogP contribution is 2.36. The Morgan fingerprint density at radius 2 is 1.89 bits per heavy atom. The second kappa shape index (κ2) is 10.9. The van der Waals surface area contributed by atoms with Crippen LogP contribution in [0.15, 0.2) is 30.7 Å². The van der Waals surface area contributed by atoms with Gasteiger partial charge in [0.25, 0.3) is 0 Å². The molecule has 4 N–H and O–H groups in total. The van der Waals surface area contributed by atoms with E-state index in [9.17, 15) is 22.8 Å². The molecule has 4 rings (SSSR count). The van der Waals surface area contributed by atoms with Crippen molar-refractivity contribution < 1.29 is 17.6 Å². The first-order valence-corrected chi connectivity index (χ1v) is 12.4. The van der Waals surface area contributed by atoms with Crippen LogP contribution in [0.5, 0.6) is 0 Å². The molecule has 1 aliphatic heterocycles. The number of nitrogens with zero attached hydrogens (tertiary/aromatic N) is 6. The number of rotatable bonds is 7. The van der Waals surface area contributed by atoms with Gasteiger partial charge in [0.15, 0.2) is 5.82 Å². The minimum absolute atomic E-state index is 0.00138. The van der Waals surface area contributed by atoms with Crippen molar-refractivity contribution in [3.05, 3.63) is 53.5 Å². The Kier molecular flexibility index (Phi) is 7.87. The number of hydrogen-bond acceptors (Lipinski definition) is 7. The fourth-order valence-corrected chi connectivity index (χ4v) is 4.96. The molecule has 202 valence electrons. The molecule has 1 fully saturated rings. The molecule has 0 saturated carbocycles. The summed E-state index contributed by atoms with van der Waals surface area (Å²) < 4.78 is 55.9. The van der Waals surface area contributed by atoms with Crippen molar-refractivity contribution in [2.45, 2.75) is 57.8 Å². The van der Waals surface area contributed by atoms with Gasteiger partial charge in [-0.1, -0.05) is 13.8 Å². The second-order valence-electron chi connectivity index (χ2n) is 10.0. The molecule has 2 aromatic heterocycles. The van der Waals surface area contributed by atoms with Crippen LogP contribution in [0.1, 0.15) is 56.0 Å². The molecular formula is C26H30F4N8. The summed E-state index contributed by atoms with van der Waals surface area (Å²) in [5, 5.41) is 9.48. The molecular weight excluding hydrogens is 500 g/mol. The third-order valence-electron chi connectivity index (χ3n) is 6.71. The van der Waals surface area contributed by atoms with E-state index >= 15 is 0 Å².